The Morgan fingerprint density at radius 1 is 0.867 bits per heavy atom. The summed E-state index contributed by atoms with van der Waals surface area (Å²) in [5.74, 6) is 0.558. The molecule has 156 valence electrons. The quantitative estimate of drug-likeness (QED) is 0.725. The first-order valence-corrected chi connectivity index (χ1v) is 10.4. The molecule has 2 aromatic carbocycles. The third-order valence-corrected chi connectivity index (χ3v) is 6.01. The monoisotopic (exact) mass is 408 g/mol. The molecule has 0 unspecified atom stereocenters. The van der Waals surface area contributed by atoms with Gasteiger partial charge >= 0.3 is 0 Å². The number of anilines is 1. The van der Waals surface area contributed by atoms with Gasteiger partial charge in [-0.3, -0.25) is 14.5 Å². The summed E-state index contributed by atoms with van der Waals surface area (Å²) >= 11 is 0. The molecule has 3 fully saturated rings. The van der Waals surface area contributed by atoms with Crippen LogP contribution in [0.2, 0.25) is 0 Å². The second-order valence-electron chi connectivity index (χ2n) is 7.84. The van der Waals surface area contributed by atoms with Crippen molar-refractivity contribution in [2.24, 2.45) is 0 Å². The van der Waals surface area contributed by atoms with E-state index in [0.717, 1.165) is 18.6 Å². The van der Waals surface area contributed by atoms with Crippen LogP contribution in [-0.2, 0) is 19.1 Å². The highest BCUT2D eigenvalue weighted by atomic mass is 16.7. The highest BCUT2D eigenvalue weighted by Crippen LogP contribution is 2.35. The summed E-state index contributed by atoms with van der Waals surface area (Å²) in [6, 6.07) is 16.1. The van der Waals surface area contributed by atoms with Crippen molar-refractivity contribution in [1.29, 1.82) is 0 Å². The van der Waals surface area contributed by atoms with Crippen LogP contribution in [0, 0.1) is 0 Å². The Bertz CT molecular complexity index is 914. The second kappa shape index (κ2) is 7.83. The minimum atomic E-state index is -0.490. The molecule has 1 atom stereocenters. The molecule has 30 heavy (non-hydrogen) atoms. The summed E-state index contributed by atoms with van der Waals surface area (Å²) in [5, 5.41) is 0. The largest absolute Gasteiger partial charge is 0.457 e. The number of hydrogen-bond acceptors (Lipinski definition) is 6. The lowest BCUT2D eigenvalue weighted by molar-refractivity contribution is -0.188. The summed E-state index contributed by atoms with van der Waals surface area (Å²) in [4.78, 5) is 29.1. The van der Waals surface area contributed by atoms with Gasteiger partial charge in [0.05, 0.1) is 31.4 Å². The van der Waals surface area contributed by atoms with Gasteiger partial charge < -0.3 is 14.2 Å². The van der Waals surface area contributed by atoms with Gasteiger partial charge in [-0.1, -0.05) is 18.2 Å². The summed E-state index contributed by atoms with van der Waals surface area (Å²) in [6.07, 6.45) is 1.64. The molecule has 0 saturated carbocycles. The average Bonchev–Trinajstić information content (AvgIpc) is 3.34. The van der Waals surface area contributed by atoms with E-state index < -0.39 is 11.8 Å². The molecule has 2 aromatic rings. The molecule has 1 spiro atoms. The molecular weight excluding hydrogens is 384 g/mol. The first-order chi connectivity index (χ1) is 14.6. The van der Waals surface area contributed by atoms with Crippen molar-refractivity contribution >= 4 is 17.5 Å². The van der Waals surface area contributed by atoms with Crippen molar-refractivity contribution in [3.05, 3.63) is 54.6 Å². The highest BCUT2D eigenvalue weighted by molar-refractivity contribution is 6.22. The normalized spacial score (nSPS) is 24.0. The first kappa shape index (κ1) is 19.2. The molecule has 7 nitrogen and oxygen atoms in total. The van der Waals surface area contributed by atoms with Crippen LogP contribution in [0.4, 0.5) is 5.69 Å². The first-order valence-electron chi connectivity index (χ1n) is 10.4. The molecule has 2 amide bonds. The fraction of sp³-hybridized carbons (Fsp3) is 0.391. The molecule has 3 aliphatic rings. The van der Waals surface area contributed by atoms with Crippen LogP contribution < -0.4 is 9.64 Å². The van der Waals surface area contributed by atoms with Crippen molar-refractivity contribution in [3.8, 4) is 11.5 Å². The zero-order valence-electron chi connectivity index (χ0n) is 16.7. The van der Waals surface area contributed by atoms with Crippen molar-refractivity contribution in [2.45, 2.75) is 31.1 Å². The molecule has 3 heterocycles. The number of ether oxygens (including phenoxy) is 3. The van der Waals surface area contributed by atoms with Gasteiger partial charge in [-0.25, -0.2) is 4.90 Å². The summed E-state index contributed by atoms with van der Waals surface area (Å²) in [5.41, 5.74) is 0.573. The van der Waals surface area contributed by atoms with Crippen LogP contribution in [-0.4, -0.2) is 54.8 Å². The standard InChI is InChI=1S/C23H24N2O5/c26-21-16-20(24-12-10-23(11-13-24)28-14-15-29-23)22(27)25(21)17-6-8-19(9-7-17)30-18-4-2-1-3-5-18/h1-9,20H,10-16H2/t20-/m0/s1. The lowest BCUT2D eigenvalue weighted by atomic mass is 10.0. The molecule has 7 heteroatoms. The van der Waals surface area contributed by atoms with Crippen molar-refractivity contribution in [1.82, 2.24) is 4.90 Å². The van der Waals surface area contributed by atoms with Gasteiger partial charge in [0.2, 0.25) is 5.91 Å². The van der Waals surface area contributed by atoms with Crippen molar-refractivity contribution in [3.63, 3.8) is 0 Å². The Morgan fingerprint density at radius 2 is 1.50 bits per heavy atom. The lowest BCUT2D eigenvalue weighted by Crippen LogP contribution is -2.51. The Balaban J connectivity index is 1.25. The van der Waals surface area contributed by atoms with E-state index in [0.29, 0.717) is 37.7 Å². The van der Waals surface area contributed by atoms with Crippen LogP contribution in [0.5, 0.6) is 11.5 Å². The zero-order valence-corrected chi connectivity index (χ0v) is 16.7. The number of hydrogen-bond donors (Lipinski definition) is 0. The number of para-hydroxylation sites is 1. The van der Waals surface area contributed by atoms with Gasteiger partial charge in [-0.15, -0.1) is 0 Å². The van der Waals surface area contributed by atoms with E-state index in [1.807, 2.05) is 30.3 Å². The van der Waals surface area contributed by atoms with E-state index in [4.69, 9.17) is 14.2 Å². The number of carbonyl (C=O) groups excluding carboxylic acids is 2. The Morgan fingerprint density at radius 3 is 2.17 bits per heavy atom. The Labute approximate surface area is 175 Å². The fourth-order valence-electron chi connectivity index (χ4n) is 4.42. The molecular formula is C23H24N2O5. The van der Waals surface area contributed by atoms with Crippen LogP contribution >= 0.6 is 0 Å². The van der Waals surface area contributed by atoms with Crippen LogP contribution in [0.3, 0.4) is 0 Å². The maximum Gasteiger partial charge on any atom is 0.251 e. The third kappa shape index (κ3) is 3.60. The summed E-state index contributed by atoms with van der Waals surface area (Å²) in [6.45, 7) is 2.61. The highest BCUT2D eigenvalue weighted by Gasteiger charge is 2.47. The van der Waals surface area contributed by atoms with Gasteiger partial charge in [-0.2, -0.15) is 0 Å². The average molecular weight is 408 g/mol. The van der Waals surface area contributed by atoms with E-state index in [9.17, 15) is 9.59 Å². The maximum absolute atomic E-state index is 13.1. The zero-order chi connectivity index (χ0) is 20.6. The van der Waals surface area contributed by atoms with E-state index in [2.05, 4.69) is 4.90 Å². The maximum atomic E-state index is 13.1. The van der Waals surface area contributed by atoms with Crippen molar-refractivity contribution in [2.75, 3.05) is 31.2 Å². The fourth-order valence-corrected chi connectivity index (χ4v) is 4.42. The SMILES string of the molecule is O=C1C[C@H](N2CCC3(CC2)OCCO3)C(=O)N1c1ccc(Oc2ccccc2)cc1. The Kier molecular flexibility index (Phi) is 5.02. The van der Waals surface area contributed by atoms with Crippen LogP contribution in [0.15, 0.2) is 54.6 Å². The number of likely N-dealkylation sites (tertiary alicyclic amines) is 1. The van der Waals surface area contributed by atoms with Gasteiger partial charge in [0.25, 0.3) is 5.91 Å². The number of imide groups is 1. The molecule has 0 N–H and O–H groups in total. The predicted molar refractivity (Wildman–Crippen MR) is 109 cm³/mol. The molecule has 0 aliphatic carbocycles. The number of carbonyl (C=O) groups is 2. The third-order valence-electron chi connectivity index (χ3n) is 6.01. The number of rotatable bonds is 4. The topological polar surface area (TPSA) is 68.3 Å². The molecule has 3 aliphatic heterocycles. The molecule has 3 saturated heterocycles. The molecule has 5 rings (SSSR count). The molecule has 0 aromatic heterocycles. The smallest absolute Gasteiger partial charge is 0.251 e. The van der Waals surface area contributed by atoms with E-state index in [1.54, 1.807) is 24.3 Å². The van der Waals surface area contributed by atoms with Crippen molar-refractivity contribution < 1.29 is 23.8 Å². The molecule has 0 bridgehead atoms. The second-order valence-corrected chi connectivity index (χ2v) is 7.84. The summed E-state index contributed by atoms with van der Waals surface area (Å²) in [7, 11) is 0. The van der Waals surface area contributed by atoms with Gasteiger partial charge in [0.1, 0.15) is 11.5 Å². The van der Waals surface area contributed by atoms with Crippen LogP contribution in [0.25, 0.3) is 0 Å². The number of benzene rings is 2. The number of amides is 2. The lowest BCUT2D eigenvalue weighted by Gasteiger charge is -2.39. The van der Waals surface area contributed by atoms with E-state index in [1.165, 1.54) is 4.90 Å². The van der Waals surface area contributed by atoms with E-state index in [-0.39, 0.29) is 18.2 Å². The number of nitrogens with zero attached hydrogens (tertiary/aromatic N) is 2. The predicted octanol–water partition coefficient (Wildman–Crippen LogP) is 2.95. The minimum Gasteiger partial charge on any atom is -0.457 e. The van der Waals surface area contributed by atoms with Gasteiger partial charge in [0.15, 0.2) is 5.79 Å². The number of piperidine rings is 1. The van der Waals surface area contributed by atoms with Gasteiger partial charge in [-0.05, 0) is 36.4 Å². The Hall–Kier alpha value is -2.74. The van der Waals surface area contributed by atoms with E-state index >= 15 is 0 Å². The van der Waals surface area contributed by atoms with Crippen LogP contribution in [0.1, 0.15) is 19.3 Å². The summed E-state index contributed by atoms with van der Waals surface area (Å²) < 4.78 is 17.3. The van der Waals surface area contributed by atoms with Gasteiger partial charge in [0, 0.05) is 25.9 Å². The minimum absolute atomic E-state index is 0.166. The molecule has 0 radical (unpaired) electrons.